The summed E-state index contributed by atoms with van der Waals surface area (Å²) in [4.78, 5) is 13.9. The molecule has 0 aromatic carbocycles. The molecule has 0 aromatic heterocycles. The van der Waals surface area contributed by atoms with Gasteiger partial charge in [-0.25, -0.2) is 4.79 Å². The molecule has 24 atom stereocenters. The average molecular weight is 985 g/mol. The zero-order valence-corrected chi connectivity index (χ0v) is 43.1. The van der Waals surface area contributed by atoms with Crippen molar-refractivity contribution in [3.05, 3.63) is 36.5 Å². The van der Waals surface area contributed by atoms with Crippen LogP contribution in [0.3, 0.4) is 0 Å². The number of esters is 1. The standard InChI is InChI=1S/C53H92O16/c1-11-26-52(64)41(57)18-16-14-13-15-17-37(28-31(5)54)20-22-40-33(7)49(35(9)53(68-40)27-25-30(4)48(69-53)32(6)38(55)12-2)66-42(58)23-19-29(3)44(59)34(8)45(60)50(46(61)47(62)51(52)63)67-43-24-21-39(56)36(10)65-43/h13-15,17,19,23,29-41,43-51,54-57,59-64H,11-12,16,18,20-22,24-28H2,1-10H3. The highest BCUT2D eigenvalue weighted by molar-refractivity contribution is 5.82. The van der Waals surface area contributed by atoms with E-state index in [-0.39, 0.29) is 68.3 Å². The number of fused-ring (bicyclic) bond motifs is 2. The van der Waals surface area contributed by atoms with Crippen molar-refractivity contribution >= 4 is 5.97 Å². The van der Waals surface area contributed by atoms with E-state index in [1.165, 1.54) is 19.1 Å². The Morgan fingerprint density at radius 1 is 0.797 bits per heavy atom. The summed E-state index contributed by atoms with van der Waals surface area (Å²) >= 11 is 0. The van der Waals surface area contributed by atoms with Gasteiger partial charge in [0, 0.05) is 48.5 Å². The second-order valence-corrected chi connectivity index (χ2v) is 21.5. The SMILES string of the molecule is CCCC1(O)C(O)CCC=CC=CC(CC(C)O)CCC2OC3(CCC(C)C(C(C)C(O)CC)O3)C(C)C(OC(=O)C=CC(C)C(O)C(C)C(O)C(OC3CCC(O)C(C)O3)C(O)C(O)C1O)C2C. The maximum absolute atomic E-state index is 13.9. The highest BCUT2D eigenvalue weighted by atomic mass is 16.7. The van der Waals surface area contributed by atoms with Gasteiger partial charge in [0.2, 0.25) is 0 Å². The van der Waals surface area contributed by atoms with Gasteiger partial charge in [-0.05, 0) is 83.5 Å². The Morgan fingerprint density at radius 3 is 2.13 bits per heavy atom. The minimum atomic E-state index is -2.30. The van der Waals surface area contributed by atoms with Gasteiger partial charge in [-0.2, -0.15) is 0 Å². The van der Waals surface area contributed by atoms with Gasteiger partial charge in [-0.1, -0.05) is 92.2 Å². The van der Waals surface area contributed by atoms with Gasteiger partial charge >= 0.3 is 5.97 Å². The topological polar surface area (TPSA) is 266 Å². The van der Waals surface area contributed by atoms with Crippen molar-refractivity contribution < 1.29 is 79.5 Å². The number of carbonyl (C=O) groups is 1. The van der Waals surface area contributed by atoms with E-state index in [9.17, 15) is 55.9 Å². The molecule has 0 saturated carbocycles. The van der Waals surface area contributed by atoms with E-state index < -0.39 is 121 Å². The molecule has 4 aliphatic rings. The van der Waals surface area contributed by atoms with Gasteiger partial charge in [0.15, 0.2) is 12.1 Å². The van der Waals surface area contributed by atoms with Crippen molar-refractivity contribution in [2.45, 2.75) is 249 Å². The van der Waals surface area contributed by atoms with E-state index in [0.29, 0.717) is 32.1 Å². The Bertz CT molecular complexity index is 1630. The number of aliphatic hydroxyl groups is 10. The maximum Gasteiger partial charge on any atom is 0.330 e. The van der Waals surface area contributed by atoms with Crippen molar-refractivity contribution in [2.24, 2.45) is 41.4 Å². The third-order valence-electron chi connectivity index (χ3n) is 16.1. The Balaban J connectivity index is 1.74. The molecule has 69 heavy (non-hydrogen) atoms. The summed E-state index contributed by atoms with van der Waals surface area (Å²) < 4.78 is 32.4. The number of ether oxygens (including phenoxy) is 5. The summed E-state index contributed by atoms with van der Waals surface area (Å²) in [5, 5.41) is 114. The molecular formula is C53H92O16. The molecule has 4 rings (SSSR count). The Hall–Kier alpha value is -1.87. The number of hydrogen-bond donors (Lipinski definition) is 10. The fourth-order valence-corrected chi connectivity index (χ4v) is 11.2. The van der Waals surface area contributed by atoms with Gasteiger partial charge in [0.1, 0.15) is 36.1 Å². The molecular weight excluding hydrogens is 893 g/mol. The number of rotatable bonds is 9. The second kappa shape index (κ2) is 26.9. The molecule has 0 aromatic rings. The second-order valence-electron chi connectivity index (χ2n) is 21.5. The molecule has 3 fully saturated rings. The van der Waals surface area contributed by atoms with Crippen LogP contribution in [0.1, 0.15) is 146 Å². The molecule has 4 aliphatic heterocycles. The molecule has 0 amide bonds. The van der Waals surface area contributed by atoms with E-state index >= 15 is 0 Å². The monoisotopic (exact) mass is 985 g/mol. The minimum Gasteiger partial charge on any atom is -0.458 e. The Labute approximate surface area is 411 Å². The third kappa shape index (κ3) is 15.1. The van der Waals surface area contributed by atoms with Gasteiger partial charge in [0.25, 0.3) is 0 Å². The highest BCUT2D eigenvalue weighted by Crippen LogP contribution is 2.50. The van der Waals surface area contributed by atoms with Gasteiger partial charge < -0.3 is 74.7 Å². The lowest BCUT2D eigenvalue weighted by atomic mass is 9.73. The molecule has 10 N–H and O–H groups in total. The first-order valence-electron chi connectivity index (χ1n) is 26.2. The first kappa shape index (κ1) is 59.7. The summed E-state index contributed by atoms with van der Waals surface area (Å²) in [6, 6.07) is 0. The predicted molar refractivity (Wildman–Crippen MR) is 259 cm³/mol. The lowest BCUT2D eigenvalue weighted by Crippen LogP contribution is -2.63. The van der Waals surface area contributed by atoms with Gasteiger partial charge in [-0.15, -0.1) is 0 Å². The molecule has 2 bridgehead atoms. The van der Waals surface area contributed by atoms with Gasteiger partial charge in [-0.3, -0.25) is 0 Å². The van der Waals surface area contributed by atoms with Crippen LogP contribution in [0.25, 0.3) is 0 Å². The lowest BCUT2D eigenvalue weighted by Gasteiger charge is -2.56. The van der Waals surface area contributed by atoms with Crippen LogP contribution in [-0.2, 0) is 28.5 Å². The largest absolute Gasteiger partial charge is 0.458 e. The van der Waals surface area contributed by atoms with Crippen molar-refractivity contribution in [1.82, 2.24) is 0 Å². The lowest BCUT2D eigenvalue weighted by molar-refractivity contribution is -0.376. The molecule has 1 spiro atoms. The maximum atomic E-state index is 13.9. The van der Waals surface area contributed by atoms with E-state index in [4.69, 9.17) is 23.7 Å². The Morgan fingerprint density at radius 2 is 1.49 bits per heavy atom. The van der Waals surface area contributed by atoms with Crippen LogP contribution in [-0.4, -0.2) is 160 Å². The van der Waals surface area contributed by atoms with Crippen LogP contribution in [0.4, 0.5) is 0 Å². The molecule has 16 nitrogen and oxygen atoms in total. The summed E-state index contributed by atoms with van der Waals surface area (Å²) in [6.07, 6.45) is -3.40. The summed E-state index contributed by atoms with van der Waals surface area (Å²) in [5.74, 6) is -4.50. The number of carbonyl (C=O) groups excluding carboxylic acids is 1. The van der Waals surface area contributed by atoms with E-state index in [0.717, 1.165) is 6.42 Å². The number of allylic oxidation sites excluding steroid dienone is 4. The van der Waals surface area contributed by atoms with Crippen LogP contribution in [0.2, 0.25) is 0 Å². The quantitative estimate of drug-likeness (QED) is 0.144. The van der Waals surface area contributed by atoms with E-state index in [1.54, 1.807) is 39.8 Å². The van der Waals surface area contributed by atoms with E-state index in [2.05, 4.69) is 6.92 Å². The summed E-state index contributed by atoms with van der Waals surface area (Å²) in [5.41, 5.74) is -2.30. The zero-order valence-electron chi connectivity index (χ0n) is 43.1. The van der Waals surface area contributed by atoms with Crippen LogP contribution >= 0.6 is 0 Å². The first-order valence-corrected chi connectivity index (χ1v) is 26.2. The zero-order chi connectivity index (χ0) is 51.5. The fourth-order valence-electron chi connectivity index (χ4n) is 11.2. The molecule has 400 valence electrons. The van der Waals surface area contributed by atoms with Crippen molar-refractivity contribution in [3.8, 4) is 0 Å². The summed E-state index contributed by atoms with van der Waals surface area (Å²) in [6.45, 7) is 18.2. The van der Waals surface area contributed by atoms with Crippen molar-refractivity contribution in [3.63, 3.8) is 0 Å². The van der Waals surface area contributed by atoms with Crippen LogP contribution < -0.4 is 0 Å². The fraction of sp³-hybridized carbons (Fsp3) is 0.868. The predicted octanol–water partition coefficient (Wildman–Crippen LogP) is 4.36. The minimum absolute atomic E-state index is 0.0220. The van der Waals surface area contributed by atoms with Crippen LogP contribution in [0.5, 0.6) is 0 Å². The molecule has 4 heterocycles. The molecule has 16 heteroatoms. The van der Waals surface area contributed by atoms with Crippen LogP contribution in [0.15, 0.2) is 36.5 Å². The number of hydrogen-bond acceptors (Lipinski definition) is 16. The number of aliphatic hydroxyl groups excluding tert-OH is 9. The smallest absolute Gasteiger partial charge is 0.330 e. The molecule has 0 radical (unpaired) electrons. The van der Waals surface area contributed by atoms with Crippen LogP contribution in [0, 0.1) is 41.4 Å². The van der Waals surface area contributed by atoms with Crippen molar-refractivity contribution in [2.75, 3.05) is 0 Å². The van der Waals surface area contributed by atoms with E-state index in [1.807, 2.05) is 39.8 Å². The van der Waals surface area contributed by atoms with Gasteiger partial charge in [0.05, 0.1) is 54.9 Å². The third-order valence-corrected chi connectivity index (χ3v) is 16.1. The normalized spacial score (nSPS) is 45.4. The first-order chi connectivity index (χ1) is 32.4. The molecule has 24 unspecified atom stereocenters. The molecule has 0 aliphatic carbocycles. The Kier molecular flexibility index (Phi) is 23.3. The van der Waals surface area contributed by atoms with Crippen molar-refractivity contribution in [1.29, 1.82) is 0 Å². The average Bonchev–Trinajstić information content (AvgIpc) is 3.32. The summed E-state index contributed by atoms with van der Waals surface area (Å²) in [7, 11) is 0. The molecule has 3 saturated heterocycles. The highest BCUT2D eigenvalue weighted by Gasteiger charge is 2.57.